The van der Waals surface area contributed by atoms with Crippen LogP contribution >= 0.6 is 24.8 Å². The number of hydrogen-bond donors (Lipinski definition) is 2. The standard InChI is InChI=1S/C3H7NS2Se/c4-2(1-5)3(6)7/h2,5H,1,4H2,(H,6,7). The van der Waals surface area contributed by atoms with Gasteiger partial charge in [0.2, 0.25) is 0 Å². The van der Waals surface area contributed by atoms with Gasteiger partial charge in [-0.05, 0) is 0 Å². The van der Waals surface area contributed by atoms with Crippen molar-refractivity contribution in [2.75, 3.05) is 5.75 Å². The molecule has 0 aliphatic carbocycles. The van der Waals surface area contributed by atoms with E-state index in [1.165, 1.54) is 0 Å². The zero-order valence-electron chi connectivity index (χ0n) is 3.66. The SMILES string of the molecule is NC(CS)C(=S)[SeH]. The molecule has 0 aromatic heterocycles. The summed E-state index contributed by atoms with van der Waals surface area (Å²) in [5.74, 6) is 0.633. The molecule has 1 unspecified atom stereocenters. The van der Waals surface area contributed by atoms with Gasteiger partial charge in [0.25, 0.3) is 0 Å². The summed E-state index contributed by atoms with van der Waals surface area (Å²) in [5, 5.41) is 0. The molecule has 0 aliphatic rings. The van der Waals surface area contributed by atoms with Gasteiger partial charge in [-0.1, -0.05) is 0 Å². The summed E-state index contributed by atoms with van der Waals surface area (Å²) in [6, 6.07) is -0.0293. The Labute approximate surface area is 62.3 Å². The van der Waals surface area contributed by atoms with Crippen LogP contribution in [0.4, 0.5) is 0 Å². The van der Waals surface area contributed by atoms with Crippen LogP contribution in [0.3, 0.4) is 0 Å². The number of thiocarbonyl (C=S) groups is 1. The van der Waals surface area contributed by atoms with Gasteiger partial charge in [0, 0.05) is 0 Å². The van der Waals surface area contributed by atoms with Crippen molar-refractivity contribution in [1.82, 2.24) is 0 Å². The molecule has 0 heterocycles. The van der Waals surface area contributed by atoms with Crippen LogP contribution in [-0.4, -0.2) is 31.6 Å². The quantitative estimate of drug-likeness (QED) is 0.356. The van der Waals surface area contributed by atoms with Gasteiger partial charge < -0.3 is 0 Å². The molecule has 0 saturated heterocycles. The molecular weight excluding hydrogens is 193 g/mol. The van der Waals surface area contributed by atoms with Crippen LogP contribution < -0.4 is 5.73 Å². The Bertz CT molecular complexity index is 75.3. The first-order valence-corrected chi connectivity index (χ1v) is 3.75. The first-order chi connectivity index (χ1) is 3.18. The van der Waals surface area contributed by atoms with E-state index >= 15 is 0 Å². The topological polar surface area (TPSA) is 26.0 Å². The van der Waals surface area contributed by atoms with Crippen molar-refractivity contribution in [3.8, 4) is 0 Å². The second-order valence-electron chi connectivity index (χ2n) is 1.13. The van der Waals surface area contributed by atoms with E-state index in [0.29, 0.717) is 5.75 Å². The Balaban J connectivity index is 3.34. The molecule has 0 aliphatic heterocycles. The fourth-order valence-electron chi connectivity index (χ4n) is 0.0781. The first kappa shape index (κ1) is 7.92. The fraction of sp³-hybridized carbons (Fsp3) is 0.667. The van der Waals surface area contributed by atoms with Crippen molar-refractivity contribution in [2.24, 2.45) is 5.73 Å². The number of rotatable bonds is 2. The van der Waals surface area contributed by atoms with Gasteiger partial charge in [-0.3, -0.25) is 0 Å². The summed E-state index contributed by atoms with van der Waals surface area (Å²) >= 11 is 10.9. The van der Waals surface area contributed by atoms with Crippen LogP contribution in [0, 0.1) is 0 Å². The monoisotopic (exact) mass is 201 g/mol. The van der Waals surface area contributed by atoms with E-state index in [4.69, 9.17) is 18.0 Å². The molecule has 0 spiro atoms. The molecule has 0 radical (unpaired) electrons. The molecule has 42 valence electrons. The van der Waals surface area contributed by atoms with Crippen molar-refractivity contribution in [3.63, 3.8) is 0 Å². The zero-order chi connectivity index (χ0) is 5.86. The molecule has 0 fully saturated rings. The molecule has 0 aromatic carbocycles. The zero-order valence-corrected chi connectivity index (χ0v) is 7.25. The van der Waals surface area contributed by atoms with Crippen LogP contribution in [-0.2, 0) is 0 Å². The molecule has 4 heteroatoms. The van der Waals surface area contributed by atoms with Gasteiger partial charge in [-0.25, -0.2) is 0 Å². The maximum absolute atomic E-state index is 5.38. The normalized spacial score (nSPS) is 13.6. The van der Waals surface area contributed by atoms with Crippen molar-refractivity contribution in [1.29, 1.82) is 0 Å². The molecule has 0 amide bonds. The average molecular weight is 200 g/mol. The maximum atomic E-state index is 5.38. The van der Waals surface area contributed by atoms with Crippen molar-refractivity contribution in [2.45, 2.75) is 6.04 Å². The van der Waals surface area contributed by atoms with Gasteiger partial charge >= 0.3 is 62.2 Å². The number of nitrogens with two attached hydrogens (primary N) is 1. The van der Waals surface area contributed by atoms with Gasteiger partial charge in [-0.15, -0.1) is 0 Å². The van der Waals surface area contributed by atoms with Crippen molar-refractivity contribution >= 4 is 44.6 Å². The van der Waals surface area contributed by atoms with Crippen LogP contribution in [0.5, 0.6) is 0 Å². The Kier molecular flexibility index (Phi) is 4.37. The van der Waals surface area contributed by atoms with E-state index in [1.54, 1.807) is 0 Å². The van der Waals surface area contributed by atoms with Crippen molar-refractivity contribution < 1.29 is 0 Å². The van der Waals surface area contributed by atoms with Crippen LogP contribution in [0.25, 0.3) is 0 Å². The van der Waals surface area contributed by atoms with Gasteiger partial charge in [-0.2, -0.15) is 0 Å². The molecule has 0 saturated carbocycles. The Morgan fingerprint density at radius 2 is 2.43 bits per heavy atom. The molecule has 7 heavy (non-hydrogen) atoms. The van der Waals surface area contributed by atoms with E-state index in [1.807, 2.05) is 0 Å². The van der Waals surface area contributed by atoms with Crippen molar-refractivity contribution in [3.05, 3.63) is 0 Å². The minimum absolute atomic E-state index is 0.0293. The van der Waals surface area contributed by atoms with E-state index < -0.39 is 0 Å². The number of thiol groups is 1. The predicted octanol–water partition coefficient (Wildman–Crippen LogP) is -0.528. The summed E-state index contributed by atoms with van der Waals surface area (Å²) in [6.07, 6.45) is 0. The van der Waals surface area contributed by atoms with E-state index in [2.05, 4.69) is 28.6 Å². The Morgan fingerprint density at radius 1 is 2.00 bits per heavy atom. The van der Waals surface area contributed by atoms with Crippen LogP contribution in [0.15, 0.2) is 0 Å². The summed E-state index contributed by atoms with van der Waals surface area (Å²) in [5.41, 5.74) is 5.38. The fourth-order valence-corrected chi connectivity index (χ4v) is 0.972. The van der Waals surface area contributed by atoms with E-state index in [9.17, 15) is 0 Å². The Hall–Kier alpha value is 0.919. The minimum atomic E-state index is -0.0293. The second-order valence-corrected chi connectivity index (χ2v) is 3.60. The number of hydrogen-bond acceptors (Lipinski definition) is 3. The summed E-state index contributed by atoms with van der Waals surface area (Å²) in [7, 11) is 0. The Morgan fingerprint density at radius 3 is 2.43 bits per heavy atom. The predicted molar refractivity (Wildman–Crippen MR) is 41.6 cm³/mol. The molecule has 1 nitrogen and oxygen atoms in total. The third-order valence-corrected chi connectivity index (χ3v) is 1.91. The van der Waals surface area contributed by atoms with Gasteiger partial charge in [0.1, 0.15) is 0 Å². The van der Waals surface area contributed by atoms with Gasteiger partial charge in [0.05, 0.1) is 0 Å². The van der Waals surface area contributed by atoms with Crippen LogP contribution in [0.2, 0.25) is 0 Å². The average Bonchev–Trinajstić information content (AvgIpc) is 1.65. The van der Waals surface area contributed by atoms with E-state index in [0.717, 1.165) is 3.76 Å². The molecule has 0 bridgehead atoms. The molecular formula is C3H7NS2Se. The first-order valence-electron chi connectivity index (χ1n) is 1.77. The molecule has 1 atom stereocenters. The summed E-state index contributed by atoms with van der Waals surface area (Å²) in [4.78, 5) is 0. The third kappa shape index (κ3) is 3.50. The summed E-state index contributed by atoms with van der Waals surface area (Å²) < 4.78 is 0.766. The molecule has 0 rings (SSSR count). The third-order valence-electron chi connectivity index (χ3n) is 0.514. The van der Waals surface area contributed by atoms with E-state index in [-0.39, 0.29) is 6.04 Å². The molecule has 2 N–H and O–H groups in total. The summed E-state index contributed by atoms with van der Waals surface area (Å²) in [6.45, 7) is 0. The van der Waals surface area contributed by atoms with Gasteiger partial charge in [0.15, 0.2) is 0 Å². The van der Waals surface area contributed by atoms with Crippen LogP contribution in [0.1, 0.15) is 0 Å². The second kappa shape index (κ2) is 3.87. The molecule has 0 aromatic rings.